The summed E-state index contributed by atoms with van der Waals surface area (Å²) in [5, 5.41) is 0. The largest absolute Gasteiger partial charge is 0.462 e. The number of carbonyl (C=O) groups is 3. The van der Waals surface area contributed by atoms with Crippen molar-refractivity contribution in [3.05, 3.63) is 72.9 Å². The first-order chi connectivity index (χ1) is 35.0. The molecule has 0 aromatic carbocycles. The summed E-state index contributed by atoms with van der Waals surface area (Å²) in [7, 11) is 0. The molecule has 0 rings (SSSR count). The van der Waals surface area contributed by atoms with E-state index in [2.05, 4.69) is 93.7 Å². The van der Waals surface area contributed by atoms with Gasteiger partial charge in [-0.25, -0.2) is 0 Å². The minimum absolute atomic E-state index is 0.100. The zero-order chi connectivity index (χ0) is 51.4. The zero-order valence-electron chi connectivity index (χ0n) is 47.0. The van der Waals surface area contributed by atoms with Gasteiger partial charge in [-0.3, -0.25) is 14.4 Å². The van der Waals surface area contributed by atoms with Crippen molar-refractivity contribution in [2.24, 2.45) is 0 Å². The summed E-state index contributed by atoms with van der Waals surface area (Å²) in [6.07, 6.45) is 76.2. The van der Waals surface area contributed by atoms with Gasteiger partial charge >= 0.3 is 17.9 Å². The van der Waals surface area contributed by atoms with Gasteiger partial charge < -0.3 is 14.2 Å². The van der Waals surface area contributed by atoms with Crippen LogP contribution in [0.2, 0.25) is 0 Å². The van der Waals surface area contributed by atoms with Crippen LogP contribution in [0.3, 0.4) is 0 Å². The van der Waals surface area contributed by atoms with Crippen molar-refractivity contribution in [1.29, 1.82) is 0 Å². The lowest BCUT2D eigenvalue weighted by molar-refractivity contribution is -0.167. The van der Waals surface area contributed by atoms with Crippen LogP contribution in [0.15, 0.2) is 72.9 Å². The number of carbonyl (C=O) groups excluding carboxylic acids is 3. The number of unbranched alkanes of at least 4 members (excludes halogenated alkanes) is 32. The highest BCUT2D eigenvalue weighted by atomic mass is 16.6. The highest BCUT2D eigenvalue weighted by Gasteiger charge is 2.19. The molecule has 0 saturated carbocycles. The molecular weight excluding hydrogens is 877 g/mol. The number of rotatable bonds is 55. The third-order valence-corrected chi connectivity index (χ3v) is 13.2. The van der Waals surface area contributed by atoms with Crippen molar-refractivity contribution in [2.75, 3.05) is 13.2 Å². The minimum Gasteiger partial charge on any atom is -0.462 e. The van der Waals surface area contributed by atoms with Crippen LogP contribution in [0.1, 0.15) is 303 Å². The lowest BCUT2D eigenvalue weighted by atomic mass is 10.0. The van der Waals surface area contributed by atoms with Crippen LogP contribution in [0, 0.1) is 0 Å². The molecule has 6 nitrogen and oxygen atoms in total. The number of ether oxygens (including phenoxy) is 3. The maximum absolute atomic E-state index is 12.9. The molecule has 0 amide bonds. The van der Waals surface area contributed by atoms with E-state index in [0.29, 0.717) is 19.3 Å². The van der Waals surface area contributed by atoms with Crippen LogP contribution in [0.4, 0.5) is 0 Å². The molecule has 0 bridgehead atoms. The Labute approximate surface area is 440 Å². The molecule has 0 heterocycles. The van der Waals surface area contributed by atoms with Gasteiger partial charge in [-0.15, -0.1) is 0 Å². The SMILES string of the molecule is CCCCC/C=C\C/C=C\C/C=C\CCCCCCC(=O)OC[C@H](COC(=O)CCCCCCCCCCCCCCCCCCCCC)OC(=O)CCC/C=C\C/C=C\C/C=C\CCCCCCCC. The maximum Gasteiger partial charge on any atom is 0.306 e. The van der Waals surface area contributed by atoms with E-state index in [4.69, 9.17) is 14.2 Å². The van der Waals surface area contributed by atoms with Crippen molar-refractivity contribution in [2.45, 2.75) is 309 Å². The molecule has 0 aromatic rings. The van der Waals surface area contributed by atoms with E-state index in [0.717, 1.165) is 83.5 Å². The summed E-state index contributed by atoms with van der Waals surface area (Å²) in [4.78, 5) is 38.2. The second kappa shape index (κ2) is 59.4. The lowest BCUT2D eigenvalue weighted by Crippen LogP contribution is -2.30. The molecule has 0 radical (unpaired) electrons. The van der Waals surface area contributed by atoms with Gasteiger partial charge in [0.15, 0.2) is 6.10 Å². The number of hydrogen-bond donors (Lipinski definition) is 0. The first-order valence-corrected chi connectivity index (χ1v) is 30.4. The predicted octanol–water partition coefficient (Wildman–Crippen LogP) is 20.5. The van der Waals surface area contributed by atoms with Gasteiger partial charge in [0.05, 0.1) is 0 Å². The lowest BCUT2D eigenvalue weighted by Gasteiger charge is -2.18. The van der Waals surface area contributed by atoms with E-state index in [1.165, 1.54) is 173 Å². The first-order valence-electron chi connectivity index (χ1n) is 30.4. The average Bonchev–Trinajstić information content (AvgIpc) is 3.37. The van der Waals surface area contributed by atoms with E-state index >= 15 is 0 Å². The summed E-state index contributed by atoms with van der Waals surface area (Å²) < 4.78 is 16.8. The molecule has 1 atom stereocenters. The van der Waals surface area contributed by atoms with Gasteiger partial charge in [0, 0.05) is 19.3 Å². The Kier molecular flexibility index (Phi) is 56.8. The number of allylic oxidation sites excluding steroid dienone is 12. The Morgan fingerprint density at radius 1 is 0.282 bits per heavy atom. The van der Waals surface area contributed by atoms with E-state index in [1.807, 2.05) is 0 Å². The summed E-state index contributed by atoms with van der Waals surface area (Å²) in [5.74, 6) is -0.963. The molecule has 6 heteroatoms. The standard InChI is InChI=1S/C65H114O6/c1-4-7-10-13-16-19-22-25-28-31-32-35-37-40-43-46-49-52-55-58-64(67)70-61-62(71-65(68)59-56-53-50-47-44-41-38-34-30-27-24-21-18-15-12-9-6-3)60-69-63(66)57-54-51-48-45-42-39-36-33-29-26-23-20-17-14-11-8-5-2/h17,20,26-27,29-30,36,38-39,41,47,50,62H,4-16,18-19,21-25,28,31-35,37,40,42-46,48-49,51-61H2,1-3H3/b20-17-,29-26-,30-27-,39-36-,41-38-,50-47-/t62-/m1/s1. The third-order valence-electron chi connectivity index (χ3n) is 13.2. The molecule has 0 spiro atoms. The van der Waals surface area contributed by atoms with Gasteiger partial charge in [0.2, 0.25) is 0 Å². The van der Waals surface area contributed by atoms with E-state index in [9.17, 15) is 14.4 Å². The summed E-state index contributed by atoms with van der Waals surface area (Å²) in [6, 6.07) is 0. The Hall–Kier alpha value is -3.15. The van der Waals surface area contributed by atoms with Crippen LogP contribution in [-0.4, -0.2) is 37.2 Å². The van der Waals surface area contributed by atoms with Crippen molar-refractivity contribution in [3.63, 3.8) is 0 Å². The Morgan fingerprint density at radius 2 is 0.521 bits per heavy atom. The van der Waals surface area contributed by atoms with E-state index < -0.39 is 6.10 Å². The number of hydrogen-bond acceptors (Lipinski definition) is 6. The fraction of sp³-hybridized carbons (Fsp3) is 0.769. The normalized spacial score (nSPS) is 12.5. The van der Waals surface area contributed by atoms with Crippen molar-refractivity contribution in [1.82, 2.24) is 0 Å². The van der Waals surface area contributed by atoms with E-state index in [-0.39, 0.29) is 37.5 Å². The van der Waals surface area contributed by atoms with Crippen LogP contribution < -0.4 is 0 Å². The van der Waals surface area contributed by atoms with Gasteiger partial charge in [-0.2, -0.15) is 0 Å². The van der Waals surface area contributed by atoms with Gasteiger partial charge in [-0.05, 0) is 89.9 Å². The fourth-order valence-corrected chi connectivity index (χ4v) is 8.58. The van der Waals surface area contributed by atoms with Gasteiger partial charge in [-0.1, -0.05) is 267 Å². The second-order valence-corrected chi connectivity index (χ2v) is 20.3. The monoisotopic (exact) mass is 991 g/mol. The molecule has 0 saturated heterocycles. The van der Waals surface area contributed by atoms with Crippen molar-refractivity contribution >= 4 is 17.9 Å². The quantitative estimate of drug-likeness (QED) is 0.0261. The van der Waals surface area contributed by atoms with Crippen LogP contribution in [0.25, 0.3) is 0 Å². The smallest absolute Gasteiger partial charge is 0.306 e. The highest BCUT2D eigenvalue weighted by molar-refractivity contribution is 5.71. The summed E-state index contributed by atoms with van der Waals surface area (Å²) in [5.41, 5.74) is 0. The van der Waals surface area contributed by atoms with Gasteiger partial charge in [0.1, 0.15) is 13.2 Å². The topological polar surface area (TPSA) is 78.9 Å². The molecule has 0 aliphatic heterocycles. The van der Waals surface area contributed by atoms with Crippen LogP contribution in [0.5, 0.6) is 0 Å². The first kappa shape index (κ1) is 67.8. The molecule has 0 aliphatic rings. The molecule has 71 heavy (non-hydrogen) atoms. The molecule has 0 unspecified atom stereocenters. The molecule has 0 N–H and O–H groups in total. The van der Waals surface area contributed by atoms with E-state index in [1.54, 1.807) is 0 Å². The predicted molar refractivity (Wildman–Crippen MR) is 307 cm³/mol. The zero-order valence-corrected chi connectivity index (χ0v) is 47.0. The summed E-state index contributed by atoms with van der Waals surface area (Å²) >= 11 is 0. The molecule has 410 valence electrons. The van der Waals surface area contributed by atoms with Gasteiger partial charge in [0.25, 0.3) is 0 Å². The average molecular weight is 992 g/mol. The molecular formula is C65H114O6. The molecule has 0 aliphatic carbocycles. The van der Waals surface area contributed by atoms with Crippen molar-refractivity contribution < 1.29 is 28.6 Å². The minimum atomic E-state index is -0.810. The van der Waals surface area contributed by atoms with Crippen molar-refractivity contribution in [3.8, 4) is 0 Å². The van der Waals surface area contributed by atoms with Crippen LogP contribution in [-0.2, 0) is 28.6 Å². The molecule has 0 aromatic heterocycles. The Morgan fingerprint density at radius 3 is 0.859 bits per heavy atom. The Bertz CT molecular complexity index is 1320. The Balaban J connectivity index is 4.45. The summed E-state index contributed by atoms with van der Waals surface area (Å²) in [6.45, 7) is 6.58. The maximum atomic E-state index is 12.9. The fourth-order valence-electron chi connectivity index (χ4n) is 8.58. The molecule has 0 fully saturated rings. The van der Waals surface area contributed by atoms with Crippen LogP contribution >= 0.6 is 0 Å². The second-order valence-electron chi connectivity index (χ2n) is 20.3. The number of esters is 3. The highest BCUT2D eigenvalue weighted by Crippen LogP contribution is 2.16. The third kappa shape index (κ3) is 57.6.